The fraction of sp³-hybridized carbons (Fsp3) is 0.0909. The third-order valence-electron chi connectivity index (χ3n) is 4.48. The number of nitrogens with zero attached hydrogens (tertiary/aromatic N) is 2. The van der Waals surface area contributed by atoms with Crippen LogP contribution in [-0.2, 0) is 6.42 Å². The van der Waals surface area contributed by atoms with Gasteiger partial charge in [0.2, 0.25) is 0 Å². The van der Waals surface area contributed by atoms with Crippen LogP contribution in [-0.4, -0.2) is 15.3 Å². The van der Waals surface area contributed by atoms with E-state index in [1.807, 2.05) is 72.1 Å². The second kappa shape index (κ2) is 7.25. The van der Waals surface area contributed by atoms with E-state index in [4.69, 9.17) is 11.6 Å². The number of fused-ring (bicyclic) bond motifs is 1. The zero-order chi connectivity index (χ0) is 18.8. The summed E-state index contributed by atoms with van der Waals surface area (Å²) < 4.78 is 1.85. The number of aromatic nitrogens is 2. The first-order valence-corrected chi connectivity index (χ1v) is 9.17. The predicted molar refractivity (Wildman–Crippen MR) is 109 cm³/mol. The van der Waals surface area contributed by atoms with E-state index in [1.54, 1.807) is 12.1 Å². The fourth-order valence-electron chi connectivity index (χ4n) is 3.07. The first-order valence-electron chi connectivity index (χ1n) is 8.79. The Balaban J connectivity index is 1.62. The van der Waals surface area contributed by atoms with Crippen molar-refractivity contribution in [2.75, 3.05) is 5.32 Å². The van der Waals surface area contributed by atoms with Crippen LogP contribution >= 0.6 is 11.6 Å². The van der Waals surface area contributed by atoms with Crippen LogP contribution < -0.4 is 5.32 Å². The van der Waals surface area contributed by atoms with Gasteiger partial charge in [-0.3, -0.25) is 9.20 Å². The molecule has 2 aromatic heterocycles. The van der Waals surface area contributed by atoms with Gasteiger partial charge in [-0.05, 0) is 35.7 Å². The summed E-state index contributed by atoms with van der Waals surface area (Å²) in [6.45, 7) is 2.01. The molecule has 2 aromatic carbocycles. The van der Waals surface area contributed by atoms with Gasteiger partial charge < -0.3 is 5.32 Å². The second-order valence-corrected chi connectivity index (χ2v) is 6.67. The largest absolute Gasteiger partial charge is 0.306 e. The maximum Gasteiger partial charge on any atom is 0.256 e. The number of imidazole rings is 1. The Bertz CT molecular complexity index is 1100. The Morgan fingerprint density at radius 1 is 1.04 bits per heavy atom. The molecule has 4 aromatic rings. The Morgan fingerprint density at radius 2 is 1.74 bits per heavy atom. The van der Waals surface area contributed by atoms with Gasteiger partial charge in [0.1, 0.15) is 11.5 Å². The van der Waals surface area contributed by atoms with E-state index < -0.39 is 0 Å². The monoisotopic (exact) mass is 375 g/mol. The summed E-state index contributed by atoms with van der Waals surface area (Å²) in [5.41, 5.74) is 4.34. The quantitative estimate of drug-likeness (QED) is 0.514. The van der Waals surface area contributed by atoms with E-state index in [-0.39, 0.29) is 5.91 Å². The van der Waals surface area contributed by atoms with Crippen LogP contribution in [0.2, 0.25) is 5.02 Å². The van der Waals surface area contributed by atoms with Gasteiger partial charge in [-0.25, -0.2) is 4.98 Å². The molecular formula is C22H18ClN3O. The first kappa shape index (κ1) is 17.3. The Hall–Kier alpha value is -3.11. The summed E-state index contributed by atoms with van der Waals surface area (Å²) in [6.07, 6.45) is 2.53. The minimum absolute atomic E-state index is 0.166. The number of rotatable bonds is 4. The first-order chi connectivity index (χ1) is 13.2. The molecular weight excluding hydrogens is 358 g/mol. The van der Waals surface area contributed by atoms with Gasteiger partial charge >= 0.3 is 0 Å². The standard InChI is InChI=1S/C22H18ClN3O/c1-2-19-21(26-13-12-18(23)14-20(26)24-19)25-22(27)17-10-8-16(9-11-17)15-6-4-3-5-7-15/h3-14H,2H2,1H3,(H,25,27). The maximum absolute atomic E-state index is 12.8. The molecule has 0 bridgehead atoms. The van der Waals surface area contributed by atoms with Gasteiger partial charge in [0.15, 0.2) is 0 Å². The normalized spacial score (nSPS) is 10.9. The summed E-state index contributed by atoms with van der Waals surface area (Å²) in [5, 5.41) is 3.61. The lowest BCUT2D eigenvalue weighted by Gasteiger charge is -2.08. The van der Waals surface area contributed by atoms with Gasteiger partial charge in [-0.2, -0.15) is 0 Å². The van der Waals surface area contributed by atoms with Crippen molar-refractivity contribution in [1.82, 2.24) is 9.38 Å². The lowest BCUT2D eigenvalue weighted by atomic mass is 10.0. The lowest BCUT2D eigenvalue weighted by molar-refractivity contribution is 0.102. The zero-order valence-electron chi connectivity index (χ0n) is 14.8. The number of amides is 1. The number of hydrogen-bond donors (Lipinski definition) is 1. The number of nitrogens with one attached hydrogen (secondary N) is 1. The van der Waals surface area contributed by atoms with E-state index in [2.05, 4.69) is 10.3 Å². The summed E-state index contributed by atoms with van der Waals surface area (Å²) in [4.78, 5) is 17.3. The van der Waals surface area contributed by atoms with Gasteiger partial charge in [0.25, 0.3) is 5.91 Å². The van der Waals surface area contributed by atoms with Crippen molar-refractivity contribution < 1.29 is 4.79 Å². The molecule has 134 valence electrons. The minimum Gasteiger partial charge on any atom is -0.306 e. The molecule has 5 heteroatoms. The number of anilines is 1. The average molecular weight is 376 g/mol. The highest BCUT2D eigenvalue weighted by atomic mass is 35.5. The average Bonchev–Trinajstić information content (AvgIpc) is 3.05. The van der Waals surface area contributed by atoms with Crippen molar-refractivity contribution in [3.63, 3.8) is 0 Å². The van der Waals surface area contributed by atoms with Crippen LogP contribution in [0, 0.1) is 0 Å². The van der Waals surface area contributed by atoms with Crippen molar-refractivity contribution in [1.29, 1.82) is 0 Å². The van der Waals surface area contributed by atoms with Crippen molar-refractivity contribution in [3.8, 4) is 11.1 Å². The van der Waals surface area contributed by atoms with Gasteiger partial charge in [0, 0.05) is 22.8 Å². The molecule has 4 nitrogen and oxygen atoms in total. The van der Waals surface area contributed by atoms with Crippen molar-refractivity contribution in [2.24, 2.45) is 0 Å². The van der Waals surface area contributed by atoms with Crippen LogP contribution in [0.25, 0.3) is 16.8 Å². The molecule has 2 heterocycles. The van der Waals surface area contributed by atoms with Crippen molar-refractivity contribution in [2.45, 2.75) is 13.3 Å². The molecule has 0 saturated heterocycles. The van der Waals surface area contributed by atoms with E-state index in [0.717, 1.165) is 16.8 Å². The summed E-state index contributed by atoms with van der Waals surface area (Å²) >= 11 is 6.05. The molecule has 0 atom stereocenters. The maximum atomic E-state index is 12.8. The summed E-state index contributed by atoms with van der Waals surface area (Å²) in [7, 11) is 0. The van der Waals surface area contributed by atoms with Gasteiger partial charge in [0.05, 0.1) is 5.69 Å². The lowest BCUT2D eigenvalue weighted by Crippen LogP contribution is -2.14. The Morgan fingerprint density at radius 3 is 2.44 bits per heavy atom. The Labute approximate surface area is 162 Å². The van der Waals surface area contributed by atoms with Gasteiger partial charge in [-0.1, -0.05) is 61.0 Å². The topological polar surface area (TPSA) is 46.4 Å². The molecule has 0 spiro atoms. The van der Waals surface area contributed by atoms with Crippen molar-refractivity contribution >= 4 is 29.0 Å². The fourth-order valence-corrected chi connectivity index (χ4v) is 3.23. The Kier molecular flexibility index (Phi) is 4.65. The molecule has 0 radical (unpaired) electrons. The van der Waals surface area contributed by atoms with Crippen LogP contribution in [0.3, 0.4) is 0 Å². The molecule has 0 aliphatic carbocycles. The van der Waals surface area contributed by atoms with Crippen LogP contribution in [0.5, 0.6) is 0 Å². The summed E-state index contributed by atoms with van der Waals surface area (Å²) in [6, 6.07) is 21.2. The molecule has 0 saturated carbocycles. The molecule has 0 fully saturated rings. The molecule has 1 N–H and O–H groups in total. The predicted octanol–water partition coefficient (Wildman–Crippen LogP) is 5.47. The molecule has 4 rings (SSSR count). The number of carbonyl (C=O) groups excluding carboxylic acids is 1. The SMILES string of the molecule is CCc1nc2cc(Cl)ccn2c1NC(=O)c1ccc(-c2ccccc2)cc1. The third kappa shape index (κ3) is 3.44. The van der Waals surface area contributed by atoms with E-state index in [1.165, 1.54) is 0 Å². The number of pyridine rings is 1. The number of carbonyl (C=O) groups is 1. The third-order valence-corrected chi connectivity index (χ3v) is 4.72. The second-order valence-electron chi connectivity index (χ2n) is 6.23. The van der Waals surface area contributed by atoms with Gasteiger partial charge in [-0.15, -0.1) is 0 Å². The smallest absolute Gasteiger partial charge is 0.256 e. The van der Waals surface area contributed by atoms with Crippen LogP contribution in [0.1, 0.15) is 23.0 Å². The van der Waals surface area contributed by atoms with Crippen molar-refractivity contribution in [3.05, 3.63) is 89.2 Å². The van der Waals surface area contributed by atoms with Crippen LogP contribution in [0.4, 0.5) is 5.82 Å². The minimum atomic E-state index is -0.166. The number of benzene rings is 2. The highest BCUT2D eigenvalue weighted by Gasteiger charge is 2.15. The highest BCUT2D eigenvalue weighted by Crippen LogP contribution is 2.23. The van der Waals surface area contributed by atoms with Crippen LogP contribution in [0.15, 0.2) is 72.9 Å². The number of hydrogen-bond acceptors (Lipinski definition) is 2. The van der Waals surface area contributed by atoms with E-state index in [9.17, 15) is 4.79 Å². The summed E-state index contributed by atoms with van der Waals surface area (Å²) in [5.74, 6) is 0.516. The molecule has 0 unspecified atom stereocenters. The molecule has 0 aliphatic rings. The van der Waals surface area contributed by atoms with E-state index >= 15 is 0 Å². The molecule has 1 amide bonds. The zero-order valence-corrected chi connectivity index (χ0v) is 15.6. The molecule has 0 aliphatic heterocycles. The highest BCUT2D eigenvalue weighted by molar-refractivity contribution is 6.30. The number of halogens is 1. The molecule has 27 heavy (non-hydrogen) atoms. The number of aryl methyl sites for hydroxylation is 1. The van der Waals surface area contributed by atoms with E-state index in [0.29, 0.717) is 28.5 Å².